The van der Waals surface area contributed by atoms with E-state index in [2.05, 4.69) is 4.74 Å². The van der Waals surface area contributed by atoms with Gasteiger partial charge in [-0.05, 0) is 23.3 Å². The molecule has 0 aliphatic rings. The highest BCUT2D eigenvalue weighted by molar-refractivity contribution is 6.19. The van der Waals surface area contributed by atoms with Gasteiger partial charge in [0, 0.05) is 18.7 Å². The Morgan fingerprint density at radius 2 is 1.90 bits per heavy atom. The number of methoxy groups -OCH3 is 1. The summed E-state index contributed by atoms with van der Waals surface area (Å²) in [5, 5.41) is 0. The van der Waals surface area contributed by atoms with Crippen molar-refractivity contribution in [2.24, 2.45) is 0 Å². The van der Waals surface area contributed by atoms with Crippen LogP contribution < -0.4 is 0 Å². The smallest absolute Gasteiger partial charge is 0.337 e. The molecule has 0 amide bonds. The molecular weight excluding hydrogens is 288 g/mol. The molecule has 1 rings (SSSR count). The molecule has 0 aliphatic heterocycles. The first-order chi connectivity index (χ1) is 10.1. The summed E-state index contributed by atoms with van der Waals surface area (Å²) < 4.78 is 4.64. The lowest BCUT2D eigenvalue weighted by Gasteiger charge is -2.00. The number of ether oxygens (including phenoxy) is 1. The third-order valence-corrected chi connectivity index (χ3v) is 3.27. The van der Waals surface area contributed by atoms with Gasteiger partial charge in [0.1, 0.15) is 5.78 Å². The van der Waals surface area contributed by atoms with Crippen molar-refractivity contribution in [2.45, 2.75) is 19.8 Å². The zero-order valence-corrected chi connectivity index (χ0v) is 13.0. The van der Waals surface area contributed by atoms with Gasteiger partial charge in [-0.15, -0.1) is 11.6 Å². The maximum absolute atomic E-state index is 11.3. The van der Waals surface area contributed by atoms with Gasteiger partial charge >= 0.3 is 5.97 Å². The second kappa shape index (κ2) is 9.14. The summed E-state index contributed by atoms with van der Waals surface area (Å²) in [6.45, 7) is 1.84. The van der Waals surface area contributed by atoms with E-state index in [0.29, 0.717) is 24.3 Å². The van der Waals surface area contributed by atoms with Crippen LogP contribution in [0.1, 0.15) is 35.7 Å². The predicted octanol–water partition coefficient (Wildman–Crippen LogP) is 4.02. The molecule has 0 saturated heterocycles. The van der Waals surface area contributed by atoms with Gasteiger partial charge in [-0.1, -0.05) is 37.3 Å². The van der Waals surface area contributed by atoms with E-state index >= 15 is 0 Å². The maximum atomic E-state index is 11.3. The third-order valence-electron chi connectivity index (χ3n) is 2.96. The number of Topliss-reactive ketones (excluding diaryl/α,β-unsaturated/α-hetero) is 1. The molecule has 0 N–H and O–H groups in total. The zero-order valence-electron chi connectivity index (χ0n) is 12.3. The Hall–Kier alpha value is -1.87. The van der Waals surface area contributed by atoms with Crippen LogP contribution in [0.2, 0.25) is 0 Å². The number of benzene rings is 1. The average molecular weight is 307 g/mol. The fraction of sp³-hybridized carbons (Fsp3) is 0.294. The third kappa shape index (κ3) is 5.96. The fourth-order valence-electron chi connectivity index (χ4n) is 1.61. The SMILES string of the molecule is CCC(=O)C/C=C(/C=C/c1ccc(C(=O)OC)cc1)CCl. The number of carbonyl (C=O) groups excluding carboxylic acids is 2. The monoisotopic (exact) mass is 306 g/mol. The first-order valence-corrected chi connectivity index (χ1v) is 7.27. The van der Waals surface area contributed by atoms with E-state index in [9.17, 15) is 9.59 Å². The predicted molar refractivity (Wildman–Crippen MR) is 85.5 cm³/mol. The average Bonchev–Trinajstić information content (AvgIpc) is 2.54. The van der Waals surface area contributed by atoms with Crippen molar-refractivity contribution in [2.75, 3.05) is 13.0 Å². The van der Waals surface area contributed by atoms with Crippen LogP contribution in [0.4, 0.5) is 0 Å². The molecule has 1 aromatic rings. The molecule has 0 bridgehead atoms. The van der Waals surface area contributed by atoms with Crippen LogP contribution in [0, 0.1) is 0 Å². The lowest BCUT2D eigenvalue weighted by Crippen LogP contribution is -2.00. The summed E-state index contributed by atoms with van der Waals surface area (Å²) >= 11 is 5.85. The molecule has 0 unspecified atom stereocenters. The van der Waals surface area contributed by atoms with Gasteiger partial charge in [-0.2, -0.15) is 0 Å². The Bertz CT molecular complexity index is 542. The van der Waals surface area contributed by atoms with E-state index in [1.165, 1.54) is 7.11 Å². The topological polar surface area (TPSA) is 43.4 Å². The van der Waals surface area contributed by atoms with Crippen LogP contribution in [0.25, 0.3) is 6.08 Å². The van der Waals surface area contributed by atoms with Crippen LogP contribution in [-0.4, -0.2) is 24.7 Å². The minimum Gasteiger partial charge on any atom is -0.465 e. The van der Waals surface area contributed by atoms with Crippen LogP contribution in [-0.2, 0) is 9.53 Å². The standard InChI is InChI=1S/C17H19ClO3/c1-3-16(19)11-8-14(12-18)5-4-13-6-9-15(10-7-13)17(20)21-2/h4-10H,3,11-12H2,1-2H3/b5-4+,14-8-. The van der Waals surface area contributed by atoms with Crippen molar-refractivity contribution in [1.29, 1.82) is 0 Å². The number of carbonyl (C=O) groups is 2. The largest absolute Gasteiger partial charge is 0.465 e. The van der Waals surface area contributed by atoms with E-state index in [0.717, 1.165) is 11.1 Å². The molecule has 1 aromatic carbocycles. The van der Waals surface area contributed by atoms with Crippen molar-refractivity contribution < 1.29 is 14.3 Å². The van der Waals surface area contributed by atoms with E-state index in [4.69, 9.17) is 11.6 Å². The number of hydrogen-bond donors (Lipinski definition) is 0. The highest BCUT2D eigenvalue weighted by Crippen LogP contribution is 2.10. The minimum atomic E-state index is -0.357. The Kier molecular flexibility index (Phi) is 7.48. The van der Waals surface area contributed by atoms with Crippen molar-refractivity contribution in [1.82, 2.24) is 0 Å². The van der Waals surface area contributed by atoms with Gasteiger partial charge in [0.05, 0.1) is 12.7 Å². The molecule has 0 atom stereocenters. The molecule has 0 saturated carbocycles. The highest BCUT2D eigenvalue weighted by Gasteiger charge is 2.03. The van der Waals surface area contributed by atoms with Crippen LogP contribution in [0.15, 0.2) is 42.0 Å². The molecule has 0 spiro atoms. The molecule has 21 heavy (non-hydrogen) atoms. The van der Waals surface area contributed by atoms with Gasteiger partial charge in [-0.25, -0.2) is 4.79 Å². The summed E-state index contributed by atoms with van der Waals surface area (Å²) in [6, 6.07) is 7.06. The van der Waals surface area contributed by atoms with Gasteiger partial charge < -0.3 is 4.74 Å². The first kappa shape index (κ1) is 17.2. The number of allylic oxidation sites excluding steroid dienone is 3. The van der Waals surface area contributed by atoms with Gasteiger partial charge in [0.15, 0.2) is 0 Å². The Morgan fingerprint density at radius 3 is 2.43 bits per heavy atom. The van der Waals surface area contributed by atoms with Crippen molar-refractivity contribution in [3.05, 3.63) is 53.1 Å². The quantitative estimate of drug-likeness (QED) is 0.434. The Balaban J connectivity index is 2.74. The maximum Gasteiger partial charge on any atom is 0.337 e. The van der Waals surface area contributed by atoms with E-state index in [1.807, 2.05) is 37.3 Å². The molecule has 3 nitrogen and oxygen atoms in total. The van der Waals surface area contributed by atoms with E-state index in [-0.39, 0.29) is 11.8 Å². The fourth-order valence-corrected chi connectivity index (χ4v) is 1.81. The molecule has 0 heterocycles. The summed E-state index contributed by atoms with van der Waals surface area (Å²) in [6.07, 6.45) is 6.56. The normalized spacial score (nSPS) is 11.7. The summed E-state index contributed by atoms with van der Waals surface area (Å²) in [7, 11) is 1.35. The number of ketones is 1. The van der Waals surface area contributed by atoms with E-state index in [1.54, 1.807) is 12.1 Å². The number of alkyl halides is 1. The zero-order chi connectivity index (χ0) is 15.7. The molecule has 4 heteroatoms. The molecule has 112 valence electrons. The lowest BCUT2D eigenvalue weighted by atomic mass is 10.1. The summed E-state index contributed by atoms with van der Waals surface area (Å²) in [5.41, 5.74) is 2.35. The van der Waals surface area contributed by atoms with Gasteiger partial charge in [0.2, 0.25) is 0 Å². The molecule has 0 aliphatic carbocycles. The first-order valence-electron chi connectivity index (χ1n) is 6.73. The minimum absolute atomic E-state index is 0.188. The Morgan fingerprint density at radius 1 is 1.24 bits per heavy atom. The number of rotatable bonds is 7. The molecular formula is C17H19ClO3. The van der Waals surface area contributed by atoms with Crippen LogP contribution in [0.5, 0.6) is 0 Å². The van der Waals surface area contributed by atoms with Gasteiger partial charge in [0.25, 0.3) is 0 Å². The Labute approximate surface area is 130 Å². The van der Waals surface area contributed by atoms with Crippen LogP contribution >= 0.6 is 11.6 Å². The number of esters is 1. The number of hydrogen-bond acceptors (Lipinski definition) is 3. The molecule has 0 aromatic heterocycles. The van der Waals surface area contributed by atoms with Crippen molar-refractivity contribution in [3.8, 4) is 0 Å². The highest BCUT2D eigenvalue weighted by atomic mass is 35.5. The summed E-state index contributed by atoms with van der Waals surface area (Å²) in [5.74, 6) is 0.187. The molecule has 0 radical (unpaired) electrons. The lowest BCUT2D eigenvalue weighted by molar-refractivity contribution is -0.117. The van der Waals surface area contributed by atoms with Crippen molar-refractivity contribution >= 4 is 29.4 Å². The van der Waals surface area contributed by atoms with E-state index < -0.39 is 0 Å². The second-order valence-electron chi connectivity index (χ2n) is 4.46. The second-order valence-corrected chi connectivity index (χ2v) is 4.72. The molecule has 0 fully saturated rings. The van der Waals surface area contributed by atoms with Gasteiger partial charge in [-0.3, -0.25) is 4.79 Å². The number of halogens is 1. The summed E-state index contributed by atoms with van der Waals surface area (Å²) in [4.78, 5) is 22.6. The van der Waals surface area contributed by atoms with Crippen LogP contribution in [0.3, 0.4) is 0 Å². The van der Waals surface area contributed by atoms with Crippen molar-refractivity contribution in [3.63, 3.8) is 0 Å².